The van der Waals surface area contributed by atoms with Crippen LogP contribution in [0.2, 0.25) is 0 Å². The van der Waals surface area contributed by atoms with Gasteiger partial charge in [0.1, 0.15) is 0 Å². The molecule has 0 radical (unpaired) electrons. The molecule has 0 amide bonds. The van der Waals surface area contributed by atoms with Gasteiger partial charge in [-0.15, -0.1) is 0 Å². The van der Waals surface area contributed by atoms with Crippen molar-refractivity contribution >= 4 is 24.3 Å². The zero-order valence-corrected chi connectivity index (χ0v) is 16.5. The molecule has 0 spiro atoms. The quantitative estimate of drug-likeness (QED) is 0.791. The molecular formula is C22H28BN3O2. The Morgan fingerprint density at radius 3 is 2.75 bits per heavy atom. The predicted octanol–water partition coefficient (Wildman–Crippen LogP) is 1.96. The predicted molar refractivity (Wildman–Crippen MR) is 110 cm³/mol. The van der Waals surface area contributed by atoms with E-state index in [1.165, 1.54) is 18.4 Å². The molecule has 28 heavy (non-hydrogen) atoms. The fraction of sp³-hybridized carbons (Fsp3) is 0.636. The summed E-state index contributed by atoms with van der Waals surface area (Å²) in [6.45, 7) is 2.87. The summed E-state index contributed by atoms with van der Waals surface area (Å²) < 4.78 is 0. The number of fused-ring (bicyclic) bond motifs is 3. The number of aromatic nitrogens is 1. The van der Waals surface area contributed by atoms with Crippen LogP contribution in [0.3, 0.4) is 0 Å². The molecule has 2 heterocycles. The molecule has 4 saturated carbocycles. The number of aliphatic hydroxyl groups is 1. The van der Waals surface area contributed by atoms with Gasteiger partial charge in [-0.3, -0.25) is 4.98 Å². The van der Waals surface area contributed by atoms with Gasteiger partial charge in [0.2, 0.25) is 0 Å². The third kappa shape index (κ3) is 2.34. The molecule has 5 atom stereocenters. The molecule has 4 fully saturated rings. The summed E-state index contributed by atoms with van der Waals surface area (Å²) >= 11 is 0. The van der Waals surface area contributed by atoms with Crippen LogP contribution in [0, 0.1) is 23.7 Å². The third-order valence-corrected chi connectivity index (χ3v) is 7.89. The van der Waals surface area contributed by atoms with E-state index in [9.17, 15) is 10.1 Å². The van der Waals surface area contributed by atoms with Gasteiger partial charge in [0.25, 0.3) is 0 Å². The zero-order chi connectivity index (χ0) is 19.0. The van der Waals surface area contributed by atoms with Crippen LogP contribution in [-0.2, 0) is 6.42 Å². The van der Waals surface area contributed by atoms with Gasteiger partial charge in [0, 0.05) is 41.7 Å². The first-order valence-electron chi connectivity index (χ1n) is 11.0. The Morgan fingerprint density at radius 1 is 1.25 bits per heavy atom. The fourth-order valence-corrected chi connectivity index (χ4v) is 7.16. The van der Waals surface area contributed by atoms with Crippen LogP contribution in [0.25, 0.3) is 6.08 Å². The van der Waals surface area contributed by atoms with Crippen LogP contribution in [-0.4, -0.2) is 44.9 Å². The third-order valence-electron chi connectivity index (χ3n) is 7.89. The molecule has 1 aromatic rings. The highest BCUT2D eigenvalue weighted by Gasteiger charge is 2.57. The minimum Gasteiger partial charge on any atom is -0.428 e. The van der Waals surface area contributed by atoms with Crippen molar-refractivity contribution in [1.29, 1.82) is 0 Å². The van der Waals surface area contributed by atoms with Crippen LogP contribution < -0.4 is 5.46 Å². The summed E-state index contributed by atoms with van der Waals surface area (Å²) in [6, 6.07) is 0. The van der Waals surface area contributed by atoms with Crippen molar-refractivity contribution in [3.63, 3.8) is 0 Å². The van der Waals surface area contributed by atoms with Crippen LogP contribution in [0.1, 0.15) is 62.3 Å². The van der Waals surface area contributed by atoms with Gasteiger partial charge < -0.3 is 15.1 Å². The highest BCUT2D eigenvalue weighted by atomic mass is 16.3. The first-order chi connectivity index (χ1) is 13.6. The molecule has 4 bridgehead atoms. The van der Waals surface area contributed by atoms with Crippen molar-refractivity contribution in [2.45, 2.75) is 57.5 Å². The molecule has 6 heteroatoms. The molecule has 0 saturated heterocycles. The second-order valence-electron chi connectivity index (χ2n) is 9.80. The minimum atomic E-state index is -0.716. The molecule has 0 aromatic carbocycles. The molecule has 7 rings (SSSR count). The SMILES string of the molecule is CCCN1N=C(C2[C@@H]3CC4C[C@H]2CC(O)(C4)C3)c2c(cnc3c2C=CC3)B1O. The van der Waals surface area contributed by atoms with E-state index in [1.54, 1.807) is 0 Å². The summed E-state index contributed by atoms with van der Waals surface area (Å²) in [5, 5.41) is 27.1. The Balaban J connectivity index is 1.50. The summed E-state index contributed by atoms with van der Waals surface area (Å²) in [7, 11) is -0.716. The molecular weight excluding hydrogens is 349 g/mol. The van der Waals surface area contributed by atoms with Gasteiger partial charge in [0.05, 0.1) is 17.0 Å². The average molecular weight is 377 g/mol. The van der Waals surface area contributed by atoms with Gasteiger partial charge in [-0.25, -0.2) is 0 Å². The molecule has 2 N–H and O–H groups in total. The monoisotopic (exact) mass is 377 g/mol. The lowest BCUT2D eigenvalue weighted by Gasteiger charge is -2.58. The first-order valence-corrected chi connectivity index (χ1v) is 11.0. The van der Waals surface area contributed by atoms with E-state index < -0.39 is 12.7 Å². The Labute approximate surface area is 166 Å². The van der Waals surface area contributed by atoms with Crippen LogP contribution in [0.4, 0.5) is 0 Å². The van der Waals surface area contributed by atoms with E-state index in [0.29, 0.717) is 23.7 Å². The van der Waals surface area contributed by atoms with E-state index in [0.717, 1.165) is 61.1 Å². The second kappa shape index (κ2) is 5.93. The lowest BCUT2D eigenvalue weighted by Crippen LogP contribution is -2.59. The van der Waals surface area contributed by atoms with Crippen molar-refractivity contribution in [3.05, 3.63) is 29.1 Å². The van der Waals surface area contributed by atoms with Crippen molar-refractivity contribution in [2.24, 2.45) is 28.8 Å². The average Bonchev–Trinajstić information content (AvgIpc) is 3.12. The minimum absolute atomic E-state index is 0.392. The summed E-state index contributed by atoms with van der Waals surface area (Å²) in [4.78, 5) is 6.52. The number of hydrogen-bond acceptors (Lipinski definition) is 5. The summed E-state index contributed by atoms with van der Waals surface area (Å²) in [5.74, 6) is 2.09. The number of rotatable bonds is 3. The maximum absolute atomic E-state index is 11.0. The van der Waals surface area contributed by atoms with Crippen LogP contribution in [0.15, 0.2) is 17.4 Å². The number of hydrazone groups is 1. The Bertz CT molecular complexity index is 882. The van der Waals surface area contributed by atoms with Crippen molar-refractivity contribution in [2.75, 3.05) is 6.54 Å². The standard InChI is InChI=1S/C22H28BN3O2/c1-2-6-26-23(28)17-12-24-18-5-3-4-16(18)20(17)21(25-26)19-14-7-13-8-15(19)11-22(27,9-13)10-14/h3-4,12-15,19,27-28H,2,5-11H2,1H3/t13?,14-,15+,19?,22?. The first kappa shape index (κ1) is 17.2. The molecule has 146 valence electrons. The van der Waals surface area contributed by atoms with Gasteiger partial charge in [-0.2, -0.15) is 5.10 Å². The van der Waals surface area contributed by atoms with Gasteiger partial charge in [-0.1, -0.05) is 19.1 Å². The van der Waals surface area contributed by atoms with E-state index in [4.69, 9.17) is 5.10 Å². The van der Waals surface area contributed by atoms with Crippen LogP contribution in [0.5, 0.6) is 0 Å². The molecule has 3 unspecified atom stereocenters. The number of hydrogen-bond donors (Lipinski definition) is 2. The van der Waals surface area contributed by atoms with Gasteiger partial charge in [0.15, 0.2) is 0 Å². The molecule has 5 nitrogen and oxygen atoms in total. The Kier molecular flexibility index (Phi) is 3.65. The van der Waals surface area contributed by atoms with Crippen molar-refractivity contribution in [3.8, 4) is 0 Å². The fourth-order valence-electron chi connectivity index (χ4n) is 7.16. The van der Waals surface area contributed by atoms with Gasteiger partial charge in [-0.05, 0) is 56.3 Å². The maximum atomic E-state index is 11.0. The van der Waals surface area contributed by atoms with E-state index in [1.807, 2.05) is 11.1 Å². The van der Waals surface area contributed by atoms with Crippen molar-refractivity contribution < 1.29 is 10.1 Å². The maximum Gasteiger partial charge on any atom is 0.468 e. The Morgan fingerprint density at radius 2 is 2.04 bits per heavy atom. The van der Waals surface area contributed by atoms with Crippen LogP contribution >= 0.6 is 0 Å². The molecule has 1 aromatic heterocycles. The zero-order valence-electron chi connectivity index (χ0n) is 16.5. The smallest absolute Gasteiger partial charge is 0.428 e. The van der Waals surface area contributed by atoms with Gasteiger partial charge >= 0.3 is 7.05 Å². The van der Waals surface area contributed by atoms with E-state index in [-0.39, 0.29) is 0 Å². The largest absolute Gasteiger partial charge is 0.468 e. The lowest BCUT2D eigenvalue weighted by atomic mass is 9.48. The number of allylic oxidation sites excluding steroid dienone is 1. The summed E-state index contributed by atoms with van der Waals surface area (Å²) in [6.07, 6.45) is 13.3. The van der Waals surface area contributed by atoms with E-state index in [2.05, 4.69) is 24.1 Å². The second-order valence-corrected chi connectivity index (χ2v) is 9.80. The summed E-state index contributed by atoms with van der Waals surface area (Å²) in [5.41, 5.74) is 5.05. The molecule has 1 aliphatic heterocycles. The number of nitrogens with zero attached hydrogens (tertiary/aromatic N) is 3. The highest BCUT2D eigenvalue weighted by Crippen LogP contribution is 2.59. The Hall–Kier alpha value is -1.66. The highest BCUT2D eigenvalue weighted by molar-refractivity contribution is 6.66. The van der Waals surface area contributed by atoms with Crippen molar-refractivity contribution in [1.82, 2.24) is 9.90 Å². The molecule has 5 aliphatic carbocycles. The van der Waals surface area contributed by atoms with E-state index >= 15 is 0 Å². The number of pyridine rings is 1. The molecule has 6 aliphatic rings. The lowest BCUT2D eigenvalue weighted by molar-refractivity contribution is -0.138. The normalized spacial score (nSPS) is 37.3. The topological polar surface area (TPSA) is 69.0 Å².